The average molecular weight is 293 g/mol. The molecule has 0 radical (unpaired) electrons. The Labute approximate surface area is 123 Å². The summed E-state index contributed by atoms with van der Waals surface area (Å²) in [5.74, 6) is 0. The van der Waals surface area contributed by atoms with E-state index in [2.05, 4.69) is 5.32 Å². The highest BCUT2D eigenvalue weighted by Crippen LogP contribution is 2.24. The quantitative estimate of drug-likeness (QED) is 0.683. The van der Waals surface area contributed by atoms with Gasteiger partial charge < -0.3 is 15.0 Å². The van der Waals surface area contributed by atoms with Crippen LogP contribution in [0.25, 0.3) is 0 Å². The first kappa shape index (κ1) is 15.2. The Morgan fingerprint density at radius 1 is 1.52 bits per heavy atom. The second kappa shape index (κ2) is 7.03. The molecule has 1 fully saturated rings. The Morgan fingerprint density at radius 2 is 2.29 bits per heavy atom. The molecule has 0 aliphatic carbocycles. The number of piperidine rings is 1. The van der Waals surface area contributed by atoms with Crippen molar-refractivity contribution >= 4 is 17.4 Å². The smallest absolute Gasteiger partial charge is 0.322 e. The molecule has 1 aliphatic heterocycles. The number of nitrogens with zero attached hydrogens (tertiary/aromatic N) is 2. The Morgan fingerprint density at radius 3 is 3.00 bits per heavy atom. The molecule has 2 rings (SSSR count). The van der Waals surface area contributed by atoms with Gasteiger partial charge in [0.15, 0.2) is 0 Å². The number of hydrogen-bond acceptors (Lipinski definition) is 4. The number of anilines is 1. The lowest BCUT2D eigenvalue weighted by Gasteiger charge is -2.32. The van der Waals surface area contributed by atoms with Crippen molar-refractivity contribution in [3.63, 3.8) is 0 Å². The maximum absolute atomic E-state index is 12.2. The fraction of sp³-hybridized carbons (Fsp3) is 0.500. The lowest BCUT2D eigenvalue weighted by Crippen LogP contribution is -2.45. The SMILES string of the molecule is CCO[C@@H]1CCCN(C(=O)Nc2ccccc2[N+](=O)[O-])C1. The van der Waals surface area contributed by atoms with E-state index in [-0.39, 0.29) is 23.5 Å². The average Bonchev–Trinajstić information content (AvgIpc) is 2.48. The summed E-state index contributed by atoms with van der Waals surface area (Å²) in [6, 6.07) is 5.80. The second-order valence-corrected chi connectivity index (χ2v) is 4.87. The summed E-state index contributed by atoms with van der Waals surface area (Å²) >= 11 is 0. The third-order valence-corrected chi connectivity index (χ3v) is 3.41. The number of para-hydroxylation sites is 2. The number of carbonyl (C=O) groups is 1. The van der Waals surface area contributed by atoms with Gasteiger partial charge in [-0.2, -0.15) is 0 Å². The standard InChI is InChI=1S/C14H19N3O4/c1-2-21-11-6-5-9-16(10-11)14(18)15-12-7-3-4-8-13(12)17(19)20/h3-4,7-8,11H,2,5-6,9-10H2,1H3,(H,15,18)/t11-/m1/s1. The van der Waals surface area contributed by atoms with E-state index in [1.807, 2.05) is 6.92 Å². The van der Waals surface area contributed by atoms with Crippen LogP contribution >= 0.6 is 0 Å². The molecule has 0 spiro atoms. The molecule has 0 saturated carbocycles. The molecule has 7 heteroatoms. The van der Waals surface area contributed by atoms with Gasteiger partial charge in [-0.15, -0.1) is 0 Å². The summed E-state index contributed by atoms with van der Waals surface area (Å²) < 4.78 is 5.55. The van der Waals surface area contributed by atoms with E-state index in [0.29, 0.717) is 19.7 Å². The summed E-state index contributed by atoms with van der Waals surface area (Å²) in [5, 5.41) is 13.6. The lowest BCUT2D eigenvalue weighted by atomic mass is 10.1. The number of nitro benzene ring substituents is 1. The van der Waals surface area contributed by atoms with Gasteiger partial charge in [-0.3, -0.25) is 10.1 Å². The van der Waals surface area contributed by atoms with Gasteiger partial charge in [-0.25, -0.2) is 4.79 Å². The minimum atomic E-state index is -0.505. The molecule has 1 aromatic carbocycles. The monoisotopic (exact) mass is 293 g/mol. The van der Waals surface area contributed by atoms with Crippen LogP contribution in [0, 0.1) is 10.1 Å². The third kappa shape index (κ3) is 3.91. The molecular formula is C14H19N3O4. The zero-order valence-electron chi connectivity index (χ0n) is 11.9. The number of nitrogens with one attached hydrogen (secondary N) is 1. The number of nitro groups is 1. The normalized spacial score (nSPS) is 18.3. The van der Waals surface area contributed by atoms with E-state index in [4.69, 9.17) is 4.74 Å². The molecular weight excluding hydrogens is 274 g/mol. The summed E-state index contributed by atoms with van der Waals surface area (Å²) in [5.41, 5.74) is 0.107. The minimum Gasteiger partial charge on any atom is -0.377 e. The van der Waals surface area contributed by atoms with Crippen molar-refractivity contribution in [2.24, 2.45) is 0 Å². The van der Waals surface area contributed by atoms with Crippen LogP contribution in [0.5, 0.6) is 0 Å². The number of carbonyl (C=O) groups excluding carboxylic acids is 1. The predicted molar refractivity (Wildman–Crippen MR) is 78.3 cm³/mol. The number of benzene rings is 1. The summed E-state index contributed by atoms with van der Waals surface area (Å²) in [6.07, 6.45) is 1.85. The van der Waals surface area contributed by atoms with E-state index in [1.54, 1.807) is 17.0 Å². The fourth-order valence-corrected chi connectivity index (χ4v) is 2.43. The van der Waals surface area contributed by atoms with Gasteiger partial charge >= 0.3 is 6.03 Å². The number of hydrogen-bond donors (Lipinski definition) is 1. The first-order valence-corrected chi connectivity index (χ1v) is 7.02. The van der Waals surface area contributed by atoms with Gasteiger partial charge in [0.25, 0.3) is 5.69 Å². The van der Waals surface area contributed by atoms with Crippen molar-refractivity contribution in [1.29, 1.82) is 0 Å². The Hall–Kier alpha value is -2.15. The molecule has 1 aliphatic rings. The van der Waals surface area contributed by atoms with Crippen LogP contribution in [0.3, 0.4) is 0 Å². The number of likely N-dealkylation sites (tertiary alicyclic amines) is 1. The summed E-state index contributed by atoms with van der Waals surface area (Å²) in [4.78, 5) is 24.3. The molecule has 1 saturated heterocycles. The van der Waals surface area contributed by atoms with E-state index >= 15 is 0 Å². The van der Waals surface area contributed by atoms with Crippen LogP contribution in [-0.4, -0.2) is 41.7 Å². The molecule has 7 nitrogen and oxygen atoms in total. The zero-order chi connectivity index (χ0) is 15.2. The summed E-state index contributed by atoms with van der Waals surface area (Å²) in [7, 11) is 0. The first-order chi connectivity index (χ1) is 10.1. The Kier molecular flexibility index (Phi) is 5.10. The van der Waals surface area contributed by atoms with E-state index in [9.17, 15) is 14.9 Å². The van der Waals surface area contributed by atoms with E-state index < -0.39 is 4.92 Å². The molecule has 2 amide bonds. The molecule has 21 heavy (non-hydrogen) atoms. The maximum atomic E-state index is 12.2. The highest BCUT2D eigenvalue weighted by Gasteiger charge is 2.25. The van der Waals surface area contributed by atoms with Crippen molar-refractivity contribution in [2.75, 3.05) is 25.0 Å². The Bertz CT molecular complexity index is 519. The van der Waals surface area contributed by atoms with Gasteiger partial charge in [0.2, 0.25) is 0 Å². The van der Waals surface area contributed by atoms with Gasteiger partial charge in [0.1, 0.15) is 5.69 Å². The van der Waals surface area contributed by atoms with Crippen molar-refractivity contribution in [3.05, 3.63) is 34.4 Å². The maximum Gasteiger partial charge on any atom is 0.322 e. The molecule has 1 atom stereocenters. The highest BCUT2D eigenvalue weighted by atomic mass is 16.6. The van der Waals surface area contributed by atoms with Crippen molar-refractivity contribution in [1.82, 2.24) is 4.90 Å². The lowest BCUT2D eigenvalue weighted by molar-refractivity contribution is -0.383. The first-order valence-electron chi connectivity index (χ1n) is 7.02. The van der Waals surface area contributed by atoms with Gasteiger partial charge in [-0.1, -0.05) is 12.1 Å². The van der Waals surface area contributed by atoms with Crippen molar-refractivity contribution in [3.8, 4) is 0 Å². The third-order valence-electron chi connectivity index (χ3n) is 3.41. The predicted octanol–water partition coefficient (Wildman–Crippen LogP) is 2.63. The minimum absolute atomic E-state index is 0.0419. The molecule has 1 heterocycles. The van der Waals surface area contributed by atoms with Crippen molar-refractivity contribution < 1.29 is 14.5 Å². The summed E-state index contributed by atoms with van der Waals surface area (Å²) in [6.45, 7) is 3.69. The van der Waals surface area contributed by atoms with Crippen LogP contribution in [0.4, 0.5) is 16.2 Å². The van der Waals surface area contributed by atoms with Crippen LogP contribution in [0.1, 0.15) is 19.8 Å². The van der Waals surface area contributed by atoms with Gasteiger partial charge in [0.05, 0.1) is 11.0 Å². The van der Waals surface area contributed by atoms with Crippen LogP contribution in [0.2, 0.25) is 0 Å². The zero-order valence-corrected chi connectivity index (χ0v) is 11.9. The number of amides is 2. The largest absolute Gasteiger partial charge is 0.377 e. The molecule has 0 aromatic heterocycles. The molecule has 1 N–H and O–H groups in total. The van der Waals surface area contributed by atoms with E-state index in [1.165, 1.54) is 12.1 Å². The van der Waals surface area contributed by atoms with Gasteiger partial charge in [0, 0.05) is 25.8 Å². The fourth-order valence-electron chi connectivity index (χ4n) is 2.43. The van der Waals surface area contributed by atoms with Crippen molar-refractivity contribution in [2.45, 2.75) is 25.9 Å². The second-order valence-electron chi connectivity index (χ2n) is 4.87. The van der Waals surface area contributed by atoms with Crippen LogP contribution in [-0.2, 0) is 4.74 Å². The molecule has 1 aromatic rings. The van der Waals surface area contributed by atoms with Gasteiger partial charge in [-0.05, 0) is 25.8 Å². The Balaban J connectivity index is 2.03. The molecule has 114 valence electrons. The number of ether oxygens (including phenoxy) is 1. The molecule has 0 unspecified atom stereocenters. The highest BCUT2D eigenvalue weighted by molar-refractivity contribution is 5.91. The molecule has 0 bridgehead atoms. The number of rotatable bonds is 4. The van der Waals surface area contributed by atoms with E-state index in [0.717, 1.165) is 12.8 Å². The topological polar surface area (TPSA) is 84.7 Å². The van der Waals surface area contributed by atoms with Crippen LogP contribution < -0.4 is 5.32 Å². The van der Waals surface area contributed by atoms with Crippen LogP contribution in [0.15, 0.2) is 24.3 Å². The number of urea groups is 1.